The molecule has 1 heterocycles. The van der Waals surface area contributed by atoms with Gasteiger partial charge in [0.2, 0.25) is 11.8 Å². The van der Waals surface area contributed by atoms with Crippen LogP contribution in [0.3, 0.4) is 0 Å². The lowest BCUT2D eigenvalue weighted by atomic mass is 10.2. The molecule has 0 saturated carbocycles. The third-order valence-corrected chi connectivity index (χ3v) is 6.94. The summed E-state index contributed by atoms with van der Waals surface area (Å²) in [6.45, 7) is 3.44. The highest BCUT2D eigenvalue weighted by molar-refractivity contribution is 7.92. The van der Waals surface area contributed by atoms with Gasteiger partial charge < -0.3 is 10.2 Å². The molecule has 0 unspecified atom stereocenters. The summed E-state index contributed by atoms with van der Waals surface area (Å²) in [6, 6.07) is 10.4. The Morgan fingerprint density at radius 2 is 1.93 bits per heavy atom. The van der Waals surface area contributed by atoms with Crippen LogP contribution in [0, 0.1) is 5.82 Å². The lowest BCUT2D eigenvalue weighted by molar-refractivity contribution is -0.117. The van der Waals surface area contributed by atoms with Crippen molar-refractivity contribution in [1.82, 2.24) is 0 Å². The van der Waals surface area contributed by atoms with Gasteiger partial charge in [0.15, 0.2) is 9.84 Å². The predicted molar refractivity (Wildman–Crippen MR) is 104 cm³/mol. The van der Waals surface area contributed by atoms with Gasteiger partial charge in [-0.25, -0.2) is 12.8 Å². The molecule has 2 aromatic carbocycles. The number of rotatable bonds is 5. The zero-order chi connectivity index (χ0) is 20.5. The number of amides is 2. The van der Waals surface area contributed by atoms with Crippen LogP contribution in [0.5, 0.6) is 0 Å². The molecule has 1 aliphatic rings. The standard InChI is InChI=1S/C20H21FN2O4S/c1-13(11-20(25)22-18-6-4-3-5-17(18)21)28(26,27)16-7-8-19-15(12-16)9-10-23(19)14(2)24/h3-8,12-13H,9-11H2,1-2H3,(H,22,25)/t13-/m0/s1. The molecule has 3 rings (SSSR count). The van der Waals surface area contributed by atoms with Crippen LogP contribution in [0.4, 0.5) is 15.8 Å². The minimum Gasteiger partial charge on any atom is -0.324 e. The molecule has 2 amide bonds. The predicted octanol–water partition coefficient (Wildman–Crippen LogP) is 2.93. The van der Waals surface area contributed by atoms with Crippen LogP contribution in [0.1, 0.15) is 25.8 Å². The lowest BCUT2D eigenvalue weighted by Crippen LogP contribution is -2.26. The molecule has 148 valence electrons. The fourth-order valence-electron chi connectivity index (χ4n) is 3.25. The normalized spacial score (nSPS) is 14.5. The molecule has 0 fully saturated rings. The van der Waals surface area contributed by atoms with E-state index in [2.05, 4.69) is 5.32 Å². The van der Waals surface area contributed by atoms with Crippen LogP contribution in [0.25, 0.3) is 0 Å². The van der Waals surface area contributed by atoms with Crippen molar-refractivity contribution in [2.75, 3.05) is 16.8 Å². The second kappa shape index (κ2) is 7.71. The molecular weight excluding hydrogens is 383 g/mol. The first-order valence-electron chi connectivity index (χ1n) is 8.89. The molecule has 2 aromatic rings. The number of hydrogen-bond acceptors (Lipinski definition) is 4. The Morgan fingerprint density at radius 1 is 1.21 bits per heavy atom. The molecule has 1 atom stereocenters. The number of para-hydroxylation sites is 1. The van der Waals surface area contributed by atoms with Crippen LogP contribution in [-0.2, 0) is 25.8 Å². The summed E-state index contributed by atoms with van der Waals surface area (Å²) >= 11 is 0. The van der Waals surface area contributed by atoms with Crippen molar-refractivity contribution in [2.24, 2.45) is 0 Å². The van der Waals surface area contributed by atoms with Crippen molar-refractivity contribution >= 4 is 33.0 Å². The summed E-state index contributed by atoms with van der Waals surface area (Å²) in [5, 5.41) is 1.42. The molecule has 0 aliphatic carbocycles. The van der Waals surface area contributed by atoms with Crippen molar-refractivity contribution in [3.05, 3.63) is 53.8 Å². The third kappa shape index (κ3) is 3.91. The zero-order valence-corrected chi connectivity index (χ0v) is 16.4. The molecule has 28 heavy (non-hydrogen) atoms. The fraction of sp³-hybridized carbons (Fsp3) is 0.300. The van der Waals surface area contributed by atoms with Crippen LogP contribution in [0.15, 0.2) is 47.4 Å². The third-order valence-electron chi connectivity index (χ3n) is 4.81. The number of benzene rings is 2. The van der Waals surface area contributed by atoms with Gasteiger partial charge in [-0.15, -0.1) is 0 Å². The zero-order valence-electron chi connectivity index (χ0n) is 15.6. The first-order chi connectivity index (χ1) is 13.2. The molecule has 0 aromatic heterocycles. The largest absolute Gasteiger partial charge is 0.324 e. The quantitative estimate of drug-likeness (QED) is 0.831. The smallest absolute Gasteiger partial charge is 0.225 e. The molecular formula is C20H21FN2O4S. The summed E-state index contributed by atoms with van der Waals surface area (Å²) in [5.41, 5.74) is 1.52. The first-order valence-corrected chi connectivity index (χ1v) is 10.4. The summed E-state index contributed by atoms with van der Waals surface area (Å²) in [5.74, 6) is -1.25. The second-order valence-electron chi connectivity index (χ2n) is 6.80. The van der Waals surface area contributed by atoms with E-state index in [-0.39, 0.29) is 22.9 Å². The van der Waals surface area contributed by atoms with Gasteiger partial charge in [0.1, 0.15) is 5.82 Å². The monoisotopic (exact) mass is 404 g/mol. The Balaban J connectivity index is 1.75. The number of sulfone groups is 1. The van der Waals surface area contributed by atoms with Crippen molar-refractivity contribution in [3.8, 4) is 0 Å². The highest BCUT2D eigenvalue weighted by Gasteiger charge is 2.29. The van der Waals surface area contributed by atoms with Gasteiger partial charge in [0.25, 0.3) is 0 Å². The van der Waals surface area contributed by atoms with E-state index in [9.17, 15) is 22.4 Å². The fourth-order valence-corrected chi connectivity index (χ4v) is 4.65. The molecule has 6 nitrogen and oxygen atoms in total. The molecule has 0 radical (unpaired) electrons. The second-order valence-corrected chi connectivity index (χ2v) is 9.17. The molecule has 0 saturated heterocycles. The van der Waals surface area contributed by atoms with Crippen molar-refractivity contribution in [1.29, 1.82) is 0 Å². The maximum Gasteiger partial charge on any atom is 0.225 e. The number of hydrogen-bond donors (Lipinski definition) is 1. The van der Waals surface area contributed by atoms with E-state index in [1.165, 1.54) is 38.1 Å². The molecule has 1 N–H and O–H groups in total. The van der Waals surface area contributed by atoms with Crippen LogP contribution in [0.2, 0.25) is 0 Å². The van der Waals surface area contributed by atoms with Gasteiger partial charge in [-0.3, -0.25) is 9.59 Å². The Morgan fingerprint density at radius 3 is 2.61 bits per heavy atom. The van der Waals surface area contributed by atoms with Crippen molar-refractivity contribution in [2.45, 2.75) is 36.8 Å². The van der Waals surface area contributed by atoms with Crippen molar-refractivity contribution in [3.63, 3.8) is 0 Å². The molecule has 0 bridgehead atoms. The van der Waals surface area contributed by atoms with E-state index in [0.29, 0.717) is 13.0 Å². The van der Waals surface area contributed by atoms with E-state index in [4.69, 9.17) is 0 Å². The highest BCUT2D eigenvalue weighted by atomic mass is 32.2. The minimum atomic E-state index is -3.75. The Bertz CT molecular complexity index is 1040. The molecule has 8 heteroatoms. The average molecular weight is 404 g/mol. The Kier molecular flexibility index (Phi) is 5.51. The lowest BCUT2D eigenvalue weighted by Gasteiger charge is -2.16. The summed E-state index contributed by atoms with van der Waals surface area (Å²) in [7, 11) is -3.75. The molecule has 0 spiro atoms. The van der Waals surface area contributed by atoms with Gasteiger partial charge in [-0.2, -0.15) is 0 Å². The van der Waals surface area contributed by atoms with E-state index in [1.807, 2.05) is 0 Å². The summed E-state index contributed by atoms with van der Waals surface area (Å²) in [6.07, 6.45) is 0.285. The first kappa shape index (κ1) is 20.0. The number of halogens is 1. The van der Waals surface area contributed by atoms with Crippen LogP contribution < -0.4 is 10.2 Å². The van der Waals surface area contributed by atoms with Gasteiger partial charge in [-0.1, -0.05) is 12.1 Å². The van der Waals surface area contributed by atoms with Gasteiger partial charge in [0, 0.05) is 25.6 Å². The maximum absolute atomic E-state index is 13.6. The molecule has 1 aliphatic heterocycles. The summed E-state index contributed by atoms with van der Waals surface area (Å²) in [4.78, 5) is 25.5. The topological polar surface area (TPSA) is 83.6 Å². The van der Waals surface area contributed by atoms with Crippen LogP contribution in [-0.4, -0.2) is 32.0 Å². The van der Waals surface area contributed by atoms with E-state index >= 15 is 0 Å². The number of carbonyl (C=O) groups excluding carboxylic acids is 2. The number of fused-ring (bicyclic) bond motifs is 1. The Labute approximate surface area is 163 Å². The van der Waals surface area contributed by atoms with E-state index < -0.39 is 26.8 Å². The maximum atomic E-state index is 13.6. The number of nitrogens with zero attached hydrogens (tertiary/aromatic N) is 1. The SMILES string of the molecule is CC(=O)N1CCc2cc(S(=O)(=O)[C@@H](C)CC(=O)Nc3ccccc3F)ccc21. The van der Waals surface area contributed by atoms with Gasteiger partial charge >= 0.3 is 0 Å². The average Bonchev–Trinajstić information content (AvgIpc) is 3.07. The van der Waals surface area contributed by atoms with Crippen molar-refractivity contribution < 1.29 is 22.4 Å². The number of carbonyl (C=O) groups is 2. The van der Waals surface area contributed by atoms with Gasteiger partial charge in [0.05, 0.1) is 15.8 Å². The van der Waals surface area contributed by atoms with Crippen LogP contribution >= 0.6 is 0 Å². The summed E-state index contributed by atoms with van der Waals surface area (Å²) < 4.78 is 39.4. The number of nitrogens with one attached hydrogen (secondary N) is 1. The highest BCUT2D eigenvalue weighted by Crippen LogP contribution is 2.31. The Hall–Kier alpha value is -2.74. The number of anilines is 2. The van der Waals surface area contributed by atoms with E-state index in [0.717, 1.165) is 11.3 Å². The minimum absolute atomic E-state index is 0.0129. The van der Waals surface area contributed by atoms with E-state index in [1.54, 1.807) is 23.1 Å². The van der Waals surface area contributed by atoms with Gasteiger partial charge in [-0.05, 0) is 49.2 Å².